The van der Waals surface area contributed by atoms with E-state index in [9.17, 15) is 9.59 Å². The fraction of sp³-hybridized carbons (Fsp3) is 0.467. The first-order valence-electron chi connectivity index (χ1n) is 6.98. The highest BCUT2D eigenvalue weighted by atomic mass is 16.5. The number of carbonyl (C=O) groups excluding carboxylic acids is 1. The summed E-state index contributed by atoms with van der Waals surface area (Å²) in [5.74, 6) is -1.44. The van der Waals surface area contributed by atoms with Crippen LogP contribution in [0.15, 0.2) is 30.3 Å². The number of rotatable bonds is 6. The molecular formula is C15H20N2O4. The molecule has 21 heavy (non-hydrogen) atoms. The second-order valence-electron chi connectivity index (χ2n) is 5.21. The number of ether oxygens (including phenoxy) is 1. The van der Waals surface area contributed by atoms with Gasteiger partial charge in [-0.25, -0.2) is 0 Å². The van der Waals surface area contributed by atoms with Crippen LogP contribution in [0.3, 0.4) is 0 Å². The number of hydrogen-bond donors (Lipinski definition) is 3. The number of amides is 1. The third kappa shape index (κ3) is 4.27. The van der Waals surface area contributed by atoms with Crippen molar-refractivity contribution in [1.29, 1.82) is 0 Å². The van der Waals surface area contributed by atoms with Gasteiger partial charge in [0.25, 0.3) is 0 Å². The Balaban J connectivity index is 2.04. The first-order valence-corrected chi connectivity index (χ1v) is 6.98. The summed E-state index contributed by atoms with van der Waals surface area (Å²) in [7, 11) is 0. The summed E-state index contributed by atoms with van der Waals surface area (Å²) >= 11 is 0. The molecule has 1 amide bonds. The molecule has 1 heterocycles. The van der Waals surface area contributed by atoms with E-state index in [1.165, 1.54) is 0 Å². The molecule has 0 saturated carbocycles. The number of carboxylic acid groups (broad SMARTS) is 1. The fourth-order valence-corrected chi connectivity index (χ4v) is 2.40. The zero-order chi connectivity index (χ0) is 15.2. The predicted molar refractivity (Wildman–Crippen MR) is 76.5 cm³/mol. The zero-order valence-electron chi connectivity index (χ0n) is 11.7. The monoisotopic (exact) mass is 292 g/mol. The molecule has 0 aliphatic carbocycles. The third-order valence-electron chi connectivity index (χ3n) is 3.63. The van der Waals surface area contributed by atoms with Gasteiger partial charge in [0, 0.05) is 12.5 Å². The van der Waals surface area contributed by atoms with Crippen molar-refractivity contribution in [3.8, 4) is 0 Å². The first kappa shape index (κ1) is 15.5. The van der Waals surface area contributed by atoms with Gasteiger partial charge < -0.3 is 20.9 Å². The average Bonchev–Trinajstić information content (AvgIpc) is 2.90. The number of carbonyl (C=O) groups is 2. The highest BCUT2D eigenvalue weighted by Crippen LogP contribution is 2.20. The van der Waals surface area contributed by atoms with Gasteiger partial charge in [-0.05, 0) is 12.0 Å². The van der Waals surface area contributed by atoms with Crippen molar-refractivity contribution in [3.63, 3.8) is 0 Å². The van der Waals surface area contributed by atoms with Crippen LogP contribution in [0.25, 0.3) is 0 Å². The Labute approximate surface area is 123 Å². The van der Waals surface area contributed by atoms with Gasteiger partial charge in [-0.2, -0.15) is 0 Å². The van der Waals surface area contributed by atoms with E-state index < -0.39 is 5.97 Å². The van der Waals surface area contributed by atoms with Gasteiger partial charge in [-0.15, -0.1) is 0 Å². The summed E-state index contributed by atoms with van der Waals surface area (Å²) < 4.78 is 5.20. The van der Waals surface area contributed by atoms with Crippen LogP contribution in [0.2, 0.25) is 0 Å². The number of nitrogens with one attached hydrogen (secondary N) is 1. The van der Waals surface area contributed by atoms with Gasteiger partial charge in [-0.3, -0.25) is 9.59 Å². The molecule has 1 aliphatic rings. The van der Waals surface area contributed by atoms with Crippen LogP contribution in [-0.2, 0) is 14.3 Å². The molecule has 1 aliphatic heterocycles. The lowest BCUT2D eigenvalue weighted by molar-refractivity contribution is -0.137. The molecule has 4 N–H and O–H groups in total. The quantitative estimate of drug-likeness (QED) is 0.715. The molecular weight excluding hydrogens is 272 g/mol. The maximum Gasteiger partial charge on any atom is 0.303 e. The SMILES string of the molecule is NC1COCC1C(=O)NC(CCC(=O)O)c1ccccc1. The number of aliphatic carboxylic acids is 1. The lowest BCUT2D eigenvalue weighted by Crippen LogP contribution is -2.42. The molecule has 1 saturated heterocycles. The molecule has 3 unspecified atom stereocenters. The summed E-state index contributed by atoms with van der Waals surface area (Å²) in [5.41, 5.74) is 6.73. The summed E-state index contributed by atoms with van der Waals surface area (Å²) in [6.45, 7) is 0.691. The van der Waals surface area contributed by atoms with Gasteiger partial charge in [-0.1, -0.05) is 30.3 Å². The molecule has 6 nitrogen and oxygen atoms in total. The number of carboxylic acids is 1. The van der Waals surface area contributed by atoms with E-state index in [-0.39, 0.29) is 30.3 Å². The van der Waals surface area contributed by atoms with Crippen molar-refractivity contribution in [2.24, 2.45) is 11.7 Å². The molecule has 1 aromatic carbocycles. The summed E-state index contributed by atoms with van der Waals surface area (Å²) in [5, 5.41) is 11.7. The lowest BCUT2D eigenvalue weighted by Gasteiger charge is -2.21. The van der Waals surface area contributed by atoms with Crippen LogP contribution >= 0.6 is 0 Å². The maximum atomic E-state index is 12.3. The Morgan fingerprint density at radius 1 is 1.33 bits per heavy atom. The number of benzene rings is 1. The Bertz CT molecular complexity index is 492. The number of nitrogens with two attached hydrogens (primary N) is 1. The molecule has 0 aromatic heterocycles. The van der Waals surface area contributed by atoms with Gasteiger partial charge >= 0.3 is 5.97 Å². The van der Waals surface area contributed by atoms with Gasteiger partial charge in [0.05, 0.1) is 25.2 Å². The van der Waals surface area contributed by atoms with E-state index in [0.717, 1.165) is 5.56 Å². The van der Waals surface area contributed by atoms with Crippen molar-refractivity contribution >= 4 is 11.9 Å². The minimum absolute atomic E-state index is 0.00688. The van der Waals surface area contributed by atoms with Gasteiger partial charge in [0.1, 0.15) is 0 Å². The molecule has 3 atom stereocenters. The van der Waals surface area contributed by atoms with Crippen LogP contribution in [0.5, 0.6) is 0 Å². The molecule has 114 valence electrons. The van der Waals surface area contributed by atoms with Crippen LogP contribution < -0.4 is 11.1 Å². The smallest absolute Gasteiger partial charge is 0.303 e. The molecule has 0 bridgehead atoms. The molecule has 1 fully saturated rings. The Morgan fingerprint density at radius 3 is 2.62 bits per heavy atom. The van der Waals surface area contributed by atoms with Crippen molar-refractivity contribution in [1.82, 2.24) is 5.32 Å². The molecule has 1 aromatic rings. The van der Waals surface area contributed by atoms with Crippen molar-refractivity contribution in [2.45, 2.75) is 24.9 Å². The third-order valence-corrected chi connectivity index (χ3v) is 3.63. The Morgan fingerprint density at radius 2 is 2.05 bits per heavy atom. The standard InChI is InChI=1S/C15H20N2O4/c16-12-9-21-8-11(12)15(20)17-13(6-7-14(18)19)10-4-2-1-3-5-10/h1-5,11-13H,6-9,16H2,(H,17,20)(H,18,19). The normalized spacial score (nSPS) is 22.7. The van der Waals surface area contributed by atoms with Crippen molar-refractivity contribution in [3.05, 3.63) is 35.9 Å². The summed E-state index contributed by atoms with van der Waals surface area (Å²) in [6.07, 6.45) is 0.334. The minimum Gasteiger partial charge on any atom is -0.481 e. The minimum atomic E-state index is -0.883. The molecule has 2 rings (SSSR count). The first-order chi connectivity index (χ1) is 10.1. The number of hydrogen-bond acceptors (Lipinski definition) is 4. The predicted octanol–water partition coefficient (Wildman–Crippen LogP) is 0.682. The highest BCUT2D eigenvalue weighted by molar-refractivity contribution is 5.80. The molecule has 0 spiro atoms. The van der Waals surface area contributed by atoms with Gasteiger partial charge in [0.15, 0.2) is 0 Å². The zero-order valence-corrected chi connectivity index (χ0v) is 11.7. The topological polar surface area (TPSA) is 102 Å². The van der Waals surface area contributed by atoms with Crippen LogP contribution in [0.1, 0.15) is 24.4 Å². The van der Waals surface area contributed by atoms with E-state index in [1.807, 2.05) is 30.3 Å². The lowest BCUT2D eigenvalue weighted by atomic mass is 9.99. The fourth-order valence-electron chi connectivity index (χ4n) is 2.40. The van der Waals surface area contributed by atoms with Crippen LogP contribution in [-0.4, -0.2) is 36.2 Å². The van der Waals surface area contributed by atoms with Gasteiger partial charge in [0.2, 0.25) is 5.91 Å². The van der Waals surface area contributed by atoms with E-state index in [1.54, 1.807) is 0 Å². The maximum absolute atomic E-state index is 12.3. The Hall–Kier alpha value is -1.92. The second kappa shape index (κ2) is 7.19. The molecule has 6 heteroatoms. The highest BCUT2D eigenvalue weighted by Gasteiger charge is 2.32. The van der Waals surface area contributed by atoms with Crippen LogP contribution in [0, 0.1) is 5.92 Å². The van der Waals surface area contributed by atoms with E-state index in [4.69, 9.17) is 15.6 Å². The van der Waals surface area contributed by atoms with Crippen LogP contribution in [0.4, 0.5) is 0 Å². The average molecular weight is 292 g/mol. The van der Waals surface area contributed by atoms with E-state index in [0.29, 0.717) is 19.6 Å². The summed E-state index contributed by atoms with van der Waals surface area (Å²) in [6, 6.07) is 8.71. The summed E-state index contributed by atoms with van der Waals surface area (Å²) in [4.78, 5) is 23.0. The molecule has 0 radical (unpaired) electrons. The Kier molecular flexibility index (Phi) is 5.30. The second-order valence-corrected chi connectivity index (χ2v) is 5.21. The van der Waals surface area contributed by atoms with Crippen molar-refractivity contribution < 1.29 is 19.4 Å². The largest absolute Gasteiger partial charge is 0.481 e. The van der Waals surface area contributed by atoms with E-state index in [2.05, 4.69) is 5.32 Å². The van der Waals surface area contributed by atoms with E-state index >= 15 is 0 Å². The van der Waals surface area contributed by atoms with Crippen molar-refractivity contribution in [2.75, 3.05) is 13.2 Å².